The van der Waals surface area contributed by atoms with Crippen LogP contribution in [0.3, 0.4) is 0 Å². The number of carbonyl (C=O) groups is 2. The standard InChI is InChI=1S/C16H28N2O3.ClH/c1-4-16(5-2,11-13(19)21-3)18-14(20)12-10-15(12)6-8-17-9-7-15;/h12,17H,4-11H2,1-3H3,(H,18,20);1H. The lowest BCUT2D eigenvalue weighted by Crippen LogP contribution is -2.50. The van der Waals surface area contributed by atoms with Crippen LogP contribution in [0.1, 0.15) is 52.4 Å². The van der Waals surface area contributed by atoms with E-state index in [4.69, 9.17) is 4.74 Å². The van der Waals surface area contributed by atoms with Crippen molar-refractivity contribution in [3.05, 3.63) is 0 Å². The molecule has 2 aliphatic rings. The highest BCUT2D eigenvalue weighted by atomic mass is 35.5. The second-order valence-electron chi connectivity index (χ2n) is 6.60. The minimum atomic E-state index is -0.457. The molecule has 0 bridgehead atoms. The molecule has 1 aliphatic heterocycles. The fraction of sp³-hybridized carbons (Fsp3) is 0.875. The first-order valence-corrected chi connectivity index (χ1v) is 8.10. The van der Waals surface area contributed by atoms with Gasteiger partial charge in [0, 0.05) is 11.5 Å². The van der Waals surface area contributed by atoms with Gasteiger partial charge in [-0.1, -0.05) is 13.8 Å². The highest BCUT2D eigenvalue weighted by Gasteiger charge is 2.58. The topological polar surface area (TPSA) is 67.4 Å². The summed E-state index contributed by atoms with van der Waals surface area (Å²) in [5.74, 6) is 0.00519. The first-order valence-electron chi connectivity index (χ1n) is 8.10. The molecule has 22 heavy (non-hydrogen) atoms. The second-order valence-corrected chi connectivity index (χ2v) is 6.60. The fourth-order valence-electron chi connectivity index (χ4n) is 3.61. The molecule has 6 heteroatoms. The van der Waals surface area contributed by atoms with E-state index in [-0.39, 0.29) is 42.0 Å². The van der Waals surface area contributed by atoms with Crippen molar-refractivity contribution in [1.82, 2.24) is 10.6 Å². The zero-order valence-electron chi connectivity index (χ0n) is 13.9. The van der Waals surface area contributed by atoms with Gasteiger partial charge in [-0.15, -0.1) is 12.4 Å². The number of methoxy groups -OCH3 is 1. The van der Waals surface area contributed by atoms with Crippen molar-refractivity contribution in [3.8, 4) is 0 Å². The Kier molecular flexibility index (Phi) is 6.68. The van der Waals surface area contributed by atoms with Gasteiger partial charge in [-0.2, -0.15) is 0 Å². The van der Waals surface area contributed by atoms with Gasteiger partial charge in [-0.25, -0.2) is 0 Å². The number of nitrogens with one attached hydrogen (secondary N) is 2. The van der Waals surface area contributed by atoms with E-state index in [1.54, 1.807) is 0 Å². The third-order valence-electron chi connectivity index (χ3n) is 5.56. The molecule has 1 unspecified atom stereocenters. The summed E-state index contributed by atoms with van der Waals surface area (Å²) in [6.07, 6.45) is 4.92. The van der Waals surface area contributed by atoms with Crippen LogP contribution in [0.25, 0.3) is 0 Å². The van der Waals surface area contributed by atoms with E-state index in [1.807, 2.05) is 13.8 Å². The molecular formula is C16H29ClN2O3. The smallest absolute Gasteiger partial charge is 0.307 e. The molecule has 1 spiro atoms. The van der Waals surface area contributed by atoms with Crippen LogP contribution in [0.5, 0.6) is 0 Å². The molecule has 2 fully saturated rings. The van der Waals surface area contributed by atoms with E-state index in [2.05, 4.69) is 10.6 Å². The molecule has 0 aromatic carbocycles. The number of hydrogen-bond donors (Lipinski definition) is 2. The monoisotopic (exact) mass is 332 g/mol. The van der Waals surface area contributed by atoms with E-state index in [0.717, 1.165) is 45.2 Å². The summed E-state index contributed by atoms with van der Waals surface area (Å²) in [6, 6.07) is 0. The molecule has 1 aliphatic carbocycles. The van der Waals surface area contributed by atoms with Gasteiger partial charge < -0.3 is 15.4 Å². The zero-order valence-corrected chi connectivity index (χ0v) is 14.7. The van der Waals surface area contributed by atoms with Crippen molar-refractivity contribution in [2.75, 3.05) is 20.2 Å². The van der Waals surface area contributed by atoms with E-state index in [9.17, 15) is 9.59 Å². The zero-order chi connectivity index (χ0) is 15.5. The lowest BCUT2D eigenvalue weighted by atomic mass is 9.87. The molecule has 5 nitrogen and oxygen atoms in total. The average Bonchev–Trinajstić information content (AvgIpc) is 3.20. The molecule has 2 rings (SSSR count). The maximum atomic E-state index is 12.6. The summed E-state index contributed by atoms with van der Waals surface area (Å²) in [7, 11) is 1.39. The first-order chi connectivity index (χ1) is 10.0. The van der Waals surface area contributed by atoms with Crippen molar-refractivity contribution in [2.24, 2.45) is 11.3 Å². The minimum Gasteiger partial charge on any atom is -0.469 e. The predicted molar refractivity (Wildman–Crippen MR) is 88.0 cm³/mol. The van der Waals surface area contributed by atoms with E-state index in [0.29, 0.717) is 0 Å². The Balaban J connectivity index is 0.00000242. The Morgan fingerprint density at radius 3 is 2.36 bits per heavy atom. The lowest BCUT2D eigenvalue weighted by molar-refractivity contribution is -0.143. The molecule has 1 atom stereocenters. The highest BCUT2D eigenvalue weighted by molar-refractivity contribution is 5.85. The number of hydrogen-bond acceptors (Lipinski definition) is 4. The first kappa shape index (κ1) is 19.2. The Bertz CT molecular complexity index is 404. The van der Waals surface area contributed by atoms with Crippen LogP contribution in [-0.2, 0) is 14.3 Å². The van der Waals surface area contributed by atoms with Gasteiger partial charge in [0.15, 0.2) is 0 Å². The Hall–Kier alpha value is -0.810. The maximum absolute atomic E-state index is 12.6. The summed E-state index contributed by atoms with van der Waals surface area (Å²) in [5, 5.41) is 6.52. The molecule has 128 valence electrons. The SMILES string of the molecule is CCC(CC)(CC(=O)OC)NC(=O)C1CC12CCNCC2.Cl. The van der Waals surface area contributed by atoms with Crippen LogP contribution < -0.4 is 10.6 Å². The molecular weight excluding hydrogens is 304 g/mol. The molecule has 2 N–H and O–H groups in total. The van der Waals surface area contributed by atoms with Gasteiger partial charge >= 0.3 is 5.97 Å². The van der Waals surface area contributed by atoms with Crippen LogP contribution in [0.2, 0.25) is 0 Å². The number of halogens is 1. The number of amides is 1. The van der Waals surface area contributed by atoms with Crippen LogP contribution in [-0.4, -0.2) is 37.6 Å². The lowest BCUT2D eigenvalue weighted by Gasteiger charge is -2.33. The van der Waals surface area contributed by atoms with Gasteiger partial charge in [-0.05, 0) is 50.6 Å². The van der Waals surface area contributed by atoms with E-state index >= 15 is 0 Å². The summed E-state index contributed by atoms with van der Waals surface area (Å²) >= 11 is 0. The van der Waals surface area contributed by atoms with Crippen LogP contribution in [0.15, 0.2) is 0 Å². The summed E-state index contributed by atoms with van der Waals surface area (Å²) < 4.78 is 4.78. The van der Waals surface area contributed by atoms with Gasteiger partial charge in [0.2, 0.25) is 5.91 Å². The number of carbonyl (C=O) groups excluding carboxylic acids is 2. The number of esters is 1. The Labute approximate surface area is 139 Å². The van der Waals surface area contributed by atoms with Gasteiger partial charge in [0.1, 0.15) is 0 Å². The molecule has 1 saturated carbocycles. The minimum absolute atomic E-state index is 0. The van der Waals surface area contributed by atoms with Crippen molar-refractivity contribution in [1.29, 1.82) is 0 Å². The predicted octanol–water partition coefficient (Wildman–Crippen LogP) is 2.04. The maximum Gasteiger partial charge on any atom is 0.307 e. The molecule has 0 radical (unpaired) electrons. The number of rotatable bonds is 6. The third kappa shape index (κ3) is 3.93. The summed E-state index contributed by atoms with van der Waals surface area (Å²) in [6.45, 7) is 6.05. The second kappa shape index (κ2) is 7.64. The molecule has 1 saturated heterocycles. The average molecular weight is 333 g/mol. The van der Waals surface area contributed by atoms with Crippen molar-refractivity contribution >= 4 is 24.3 Å². The van der Waals surface area contributed by atoms with Crippen molar-refractivity contribution in [2.45, 2.75) is 57.9 Å². The molecule has 1 heterocycles. The van der Waals surface area contributed by atoms with E-state index in [1.165, 1.54) is 7.11 Å². The van der Waals surface area contributed by atoms with E-state index < -0.39 is 5.54 Å². The fourth-order valence-corrected chi connectivity index (χ4v) is 3.61. The largest absolute Gasteiger partial charge is 0.469 e. The molecule has 0 aromatic heterocycles. The molecule has 0 aromatic rings. The van der Waals surface area contributed by atoms with Crippen molar-refractivity contribution in [3.63, 3.8) is 0 Å². The Morgan fingerprint density at radius 1 is 1.27 bits per heavy atom. The summed E-state index contributed by atoms with van der Waals surface area (Å²) in [4.78, 5) is 24.2. The summed E-state index contributed by atoms with van der Waals surface area (Å²) in [5.41, 5.74) is -0.227. The Morgan fingerprint density at radius 2 is 1.86 bits per heavy atom. The van der Waals surface area contributed by atoms with Crippen molar-refractivity contribution < 1.29 is 14.3 Å². The van der Waals surface area contributed by atoms with Gasteiger partial charge in [0.25, 0.3) is 0 Å². The van der Waals surface area contributed by atoms with Crippen LogP contribution >= 0.6 is 12.4 Å². The quantitative estimate of drug-likeness (QED) is 0.730. The number of ether oxygens (including phenoxy) is 1. The van der Waals surface area contributed by atoms with Crippen LogP contribution in [0.4, 0.5) is 0 Å². The molecule has 1 amide bonds. The normalized spacial score (nSPS) is 22.6. The highest BCUT2D eigenvalue weighted by Crippen LogP contribution is 2.58. The van der Waals surface area contributed by atoms with Crippen LogP contribution in [0, 0.1) is 11.3 Å². The van der Waals surface area contributed by atoms with Gasteiger partial charge in [0.05, 0.1) is 13.5 Å². The van der Waals surface area contributed by atoms with Gasteiger partial charge in [-0.3, -0.25) is 9.59 Å². The third-order valence-corrected chi connectivity index (χ3v) is 5.56. The number of piperidine rings is 1.